The summed E-state index contributed by atoms with van der Waals surface area (Å²) < 4.78 is 6.83. The number of rotatable bonds is 16. The number of hydrogen-bond acceptors (Lipinski definition) is 6. The molecule has 2 bridgehead atoms. The fourth-order valence-electron chi connectivity index (χ4n) is 7.66. The van der Waals surface area contributed by atoms with E-state index in [4.69, 9.17) is 4.74 Å². The molecule has 43 heavy (non-hydrogen) atoms. The van der Waals surface area contributed by atoms with Gasteiger partial charge in [-0.05, 0) is 77.1 Å². The maximum Gasteiger partial charge on any atom is 0.253 e. The maximum absolute atomic E-state index is 14.7. The van der Waals surface area contributed by atoms with Crippen LogP contribution in [0.4, 0.5) is 11.4 Å². The summed E-state index contributed by atoms with van der Waals surface area (Å²) in [5.74, 6) is -1.98. The van der Waals surface area contributed by atoms with E-state index in [1.165, 1.54) is 0 Å². The van der Waals surface area contributed by atoms with Crippen molar-refractivity contribution < 1.29 is 24.2 Å². The van der Waals surface area contributed by atoms with Gasteiger partial charge in [0.15, 0.2) is 0 Å². The van der Waals surface area contributed by atoms with Crippen LogP contribution in [0, 0.1) is 11.8 Å². The molecule has 0 saturated carbocycles. The smallest absolute Gasteiger partial charge is 0.253 e. The molecule has 3 amide bonds. The lowest BCUT2D eigenvalue weighted by Crippen LogP contribution is -2.56. The molecule has 3 heterocycles. The van der Waals surface area contributed by atoms with Gasteiger partial charge in [0.25, 0.3) is 5.91 Å². The molecule has 3 aliphatic heterocycles. The van der Waals surface area contributed by atoms with Crippen LogP contribution in [0.3, 0.4) is 0 Å². The molecule has 1 aromatic carbocycles. The lowest BCUT2D eigenvalue weighted by Gasteiger charge is -2.37. The number of benzene rings is 1. The number of aliphatic hydroxyl groups is 1. The highest BCUT2D eigenvalue weighted by Crippen LogP contribution is 2.63. The normalized spacial score (nSPS) is 27.2. The van der Waals surface area contributed by atoms with Gasteiger partial charge in [0.2, 0.25) is 11.8 Å². The number of aliphatic hydroxyl groups excluding tert-OH is 1. The highest BCUT2D eigenvalue weighted by Gasteiger charge is 2.78. The third-order valence-electron chi connectivity index (χ3n) is 9.61. The Kier molecular flexibility index (Phi) is 10.4. The molecular weight excluding hydrogens is 544 g/mol. The Morgan fingerprint density at radius 1 is 1.02 bits per heavy atom. The van der Waals surface area contributed by atoms with Gasteiger partial charge in [-0.1, -0.05) is 19.1 Å². The first-order valence-electron chi connectivity index (χ1n) is 16.0. The molecule has 2 unspecified atom stereocenters. The van der Waals surface area contributed by atoms with Gasteiger partial charge in [-0.15, -0.1) is 13.2 Å². The van der Waals surface area contributed by atoms with Crippen molar-refractivity contribution in [2.75, 3.05) is 55.7 Å². The topological polar surface area (TPSA) is 93.6 Å². The number of unbranched alkanes of at least 4 members (excludes halogenated alkanes) is 1. The average Bonchev–Trinajstić information content (AvgIpc) is 3.57. The molecule has 0 aromatic heterocycles. The van der Waals surface area contributed by atoms with Crippen LogP contribution in [0.2, 0.25) is 0 Å². The third-order valence-corrected chi connectivity index (χ3v) is 9.61. The molecule has 3 saturated heterocycles. The summed E-state index contributed by atoms with van der Waals surface area (Å²) in [6, 6.07) is 7.03. The van der Waals surface area contributed by atoms with E-state index in [1.54, 1.807) is 26.9 Å². The molecule has 9 nitrogen and oxygen atoms in total. The summed E-state index contributed by atoms with van der Waals surface area (Å²) >= 11 is 0. The van der Waals surface area contributed by atoms with Crippen LogP contribution in [0.5, 0.6) is 0 Å². The first-order valence-corrected chi connectivity index (χ1v) is 16.0. The fourth-order valence-corrected chi connectivity index (χ4v) is 7.66. The number of ether oxygens (including phenoxy) is 1. The van der Waals surface area contributed by atoms with Crippen molar-refractivity contribution in [1.82, 2.24) is 9.80 Å². The third kappa shape index (κ3) is 5.74. The Balaban J connectivity index is 1.76. The van der Waals surface area contributed by atoms with Crippen molar-refractivity contribution in [2.24, 2.45) is 11.8 Å². The predicted molar refractivity (Wildman–Crippen MR) is 170 cm³/mol. The summed E-state index contributed by atoms with van der Waals surface area (Å²) in [6.07, 6.45) is 6.36. The largest absolute Gasteiger partial charge is 0.396 e. The molecule has 1 spiro atoms. The number of carbonyl (C=O) groups is 3. The van der Waals surface area contributed by atoms with Crippen molar-refractivity contribution in [1.29, 1.82) is 0 Å². The van der Waals surface area contributed by atoms with Gasteiger partial charge in [0.05, 0.1) is 17.4 Å². The van der Waals surface area contributed by atoms with E-state index >= 15 is 0 Å². The second kappa shape index (κ2) is 13.6. The number of nitrogens with zero attached hydrogens (tertiary/aromatic N) is 4. The molecule has 1 N–H and O–H groups in total. The van der Waals surface area contributed by atoms with E-state index in [1.807, 2.05) is 38.1 Å². The lowest BCUT2D eigenvalue weighted by atomic mass is 9.66. The summed E-state index contributed by atoms with van der Waals surface area (Å²) in [7, 11) is 0. The van der Waals surface area contributed by atoms with E-state index in [0.29, 0.717) is 45.3 Å². The Labute approximate surface area is 257 Å². The van der Waals surface area contributed by atoms with Crippen LogP contribution >= 0.6 is 0 Å². The first-order chi connectivity index (χ1) is 20.7. The van der Waals surface area contributed by atoms with Crippen LogP contribution in [-0.4, -0.2) is 95.7 Å². The summed E-state index contributed by atoms with van der Waals surface area (Å²) in [5, 5.41) is 9.48. The maximum atomic E-state index is 14.7. The summed E-state index contributed by atoms with van der Waals surface area (Å²) in [6.45, 7) is 19.2. The molecule has 1 aromatic rings. The van der Waals surface area contributed by atoms with Gasteiger partial charge in [-0.3, -0.25) is 14.4 Å². The first kappa shape index (κ1) is 32.7. The van der Waals surface area contributed by atoms with Gasteiger partial charge >= 0.3 is 0 Å². The molecule has 0 aliphatic carbocycles. The van der Waals surface area contributed by atoms with E-state index in [9.17, 15) is 19.5 Å². The lowest BCUT2D eigenvalue weighted by molar-refractivity contribution is -0.149. The molecule has 9 heteroatoms. The van der Waals surface area contributed by atoms with Crippen molar-refractivity contribution in [3.63, 3.8) is 0 Å². The number of carbonyl (C=O) groups excluding carboxylic acids is 3. The van der Waals surface area contributed by atoms with E-state index in [-0.39, 0.29) is 30.9 Å². The molecule has 3 aliphatic rings. The van der Waals surface area contributed by atoms with Gasteiger partial charge in [-0.25, -0.2) is 0 Å². The number of anilines is 2. The fraction of sp³-hybridized carbons (Fsp3) is 0.618. The summed E-state index contributed by atoms with van der Waals surface area (Å²) in [4.78, 5) is 50.6. The van der Waals surface area contributed by atoms with Crippen LogP contribution in [0.15, 0.2) is 49.6 Å². The van der Waals surface area contributed by atoms with Gasteiger partial charge in [0.1, 0.15) is 11.6 Å². The Bertz CT molecular complexity index is 1180. The van der Waals surface area contributed by atoms with Crippen LogP contribution in [0.1, 0.15) is 59.8 Å². The predicted octanol–water partition coefficient (Wildman–Crippen LogP) is 4.01. The molecule has 0 radical (unpaired) electrons. The summed E-state index contributed by atoms with van der Waals surface area (Å²) in [5.41, 5.74) is -0.150. The zero-order chi connectivity index (χ0) is 31.4. The monoisotopic (exact) mass is 594 g/mol. The van der Waals surface area contributed by atoms with Crippen LogP contribution < -0.4 is 9.80 Å². The zero-order valence-electron chi connectivity index (χ0n) is 26.5. The molecule has 4 rings (SSSR count). The van der Waals surface area contributed by atoms with Gasteiger partial charge < -0.3 is 29.4 Å². The second-order valence-electron chi connectivity index (χ2n) is 12.2. The zero-order valence-corrected chi connectivity index (χ0v) is 26.5. The quantitative estimate of drug-likeness (QED) is 0.230. The minimum absolute atomic E-state index is 0.0000956. The standard InChI is InChI=1S/C34H50N4O5/c1-7-20-36(21-8-2)30(40)27-28-31(41)38(23-12-13-24-39)29(34(28)19-18-33(27,6)43-34)32(42)37(22-9-3)26-16-14-25(15-17-26)35(10-4)11-5/h7,9,14-17,27-29,39H,1,3,8,10-13,18-24H2,2,4-6H3/t27-,28-,29?,33+,34?/m0/s1. The van der Waals surface area contributed by atoms with Crippen molar-refractivity contribution >= 4 is 29.1 Å². The Morgan fingerprint density at radius 3 is 2.26 bits per heavy atom. The average molecular weight is 595 g/mol. The molecule has 236 valence electrons. The van der Waals surface area contributed by atoms with Gasteiger partial charge in [0, 0.05) is 57.3 Å². The number of likely N-dealkylation sites (tertiary alicyclic amines) is 1. The van der Waals surface area contributed by atoms with Crippen LogP contribution in [-0.2, 0) is 19.1 Å². The van der Waals surface area contributed by atoms with E-state index in [0.717, 1.165) is 30.9 Å². The van der Waals surface area contributed by atoms with E-state index in [2.05, 4.69) is 31.9 Å². The molecule has 3 fully saturated rings. The SMILES string of the molecule is C=CCN(CCC)C(=O)[C@@H]1[C@H]2C(=O)N(CCCCO)C(C(=O)N(CC=C)c3ccc(N(CC)CC)cc3)C23CC[C@@]1(C)O3. The van der Waals surface area contributed by atoms with E-state index < -0.39 is 29.1 Å². The Morgan fingerprint density at radius 2 is 1.67 bits per heavy atom. The highest BCUT2D eigenvalue weighted by atomic mass is 16.5. The van der Waals surface area contributed by atoms with Crippen LogP contribution in [0.25, 0.3) is 0 Å². The number of amides is 3. The van der Waals surface area contributed by atoms with Crippen molar-refractivity contribution in [3.8, 4) is 0 Å². The highest BCUT2D eigenvalue weighted by molar-refractivity contribution is 6.05. The molecule has 5 atom stereocenters. The number of fused-ring (bicyclic) bond motifs is 1. The Hall–Kier alpha value is -3.17. The number of hydrogen-bond donors (Lipinski definition) is 1. The second-order valence-corrected chi connectivity index (χ2v) is 12.2. The minimum Gasteiger partial charge on any atom is -0.396 e. The van der Waals surface area contributed by atoms with Crippen molar-refractivity contribution in [2.45, 2.75) is 77.0 Å². The molecular formula is C34H50N4O5. The minimum atomic E-state index is -1.10. The van der Waals surface area contributed by atoms with Gasteiger partial charge in [-0.2, -0.15) is 0 Å². The van der Waals surface area contributed by atoms with Crippen molar-refractivity contribution in [3.05, 3.63) is 49.6 Å².